The lowest BCUT2D eigenvalue weighted by Crippen LogP contribution is -2.09. The second kappa shape index (κ2) is 8.77. The van der Waals surface area contributed by atoms with E-state index in [0.29, 0.717) is 0 Å². The average Bonchev–Trinajstić information content (AvgIpc) is 2.13. The van der Waals surface area contributed by atoms with E-state index in [-0.39, 0.29) is 19.3 Å². The largest absolute Gasteiger partial charge is 0.750 e. The summed E-state index contributed by atoms with van der Waals surface area (Å²) in [6.45, 7) is 0. The highest BCUT2D eigenvalue weighted by molar-refractivity contribution is 7.33. The van der Waals surface area contributed by atoms with E-state index in [1.807, 2.05) is 0 Å². The van der Waals surface area contributed by atoms with E-state index in [9.17, 15) is 23.5 Å². The van der Waals surface area contributed by atoms with Gasteiger partial charge in [0.15, 0.2) is 0 Å². The summed E-state index contributed by atoms with van der Waals surface area (Å²) in [5.41, 5.74) is 0. The van der Waals surface area contributed by atoms with Gasteiger partial charge in [-0.15, -0.1) is 9.79 Å². The molecule has 0 saturated heterocycles. The summed E-state index contributed by atoms with van der Waals surface area (Å²) in [5.74, 6) is -2.66. The second-order valence-electron chi connectivity index (χ2n) is 2.97. The molecule has 0 spiro atoms. The lowest BCUT2D eigenvalue weighted by molar-refractivity contribution is -0.137. The molecule has 0 bridgehead atoms. The van der Waals surface area contributed by atoms with Gasteiger partial charge in [0.2, 0.25) is 0 Å². The molecule has 0 aromatic heterocycles. The van der Waals surface area contributed by atoms with Crippen LogP contribution in [0, 0.1) is 0 Å². The van der Waals surface area contributed by atoms with Gasteiger partial charge in [-0.1, -0.05) is 0 Å². The minimum absolute atomic E-state index is 0.0272. The lowest BCUT2D eigenvalue weighted by Gasteiger charge is -1.95. The van der Waals surface area contributed by atoms with E-state index in [0.717, 1.165) is 0 Å². The predicted octanol–water partition coefficient (Wildman–Crippen LogP) is 0.502. The van der Waals surface area contributed by atoms with Gasteiger partial charge in [0, 0.05) is 15.6 Å². The van der Waals surface area contributed by atoms with Gasteiger partial charge in [0.25, 0.3) is 0 Å². The van der Waals surface area contributed by atoms with Gasteiger partial charge < -0.3 is 0 Å². The van der Waals surface area contributed by atoms with E-state index in [1.54, 1.807) is 0 Å². The van der Waals surface area contributed by atoms with Gasteiger partial charge in [-0.3, -0.25) is 4.79 Å². The van der Waals surface area contributed by atoms with Crippen LogP contribution in [-0.2, 0) is 32.6 Å². The number of rotatable bonds is 8. The van der Waals surface area contributed by atoms with Crippen molar-refractivity contribution in [1.29, 1.82) is 0 Å². The van der Waals surface area contributed by atoms with Crippen LogP contribution in [-0.4, -0.2) is 27.5 Å². The molecule has 2 unspecified atom stereocenters. The zero-order chi connectivity index (χ0) is 14.1. The number of Topliss-reactive ketones (excluding diaryl/α,β-unsaturated/α-hetero) is 1. The Morgan fingerprint density at radius 1 is 0.889 bits per heavy atom. The first-order valence-electron chi connectivity index (χ1n) is 4.57. The van der Waals surface area contributed by atoms with Crippen molar-refractivity contribution in [2.24, 2.45) is 0 Å². The third kappa shape index (κ3) is 9.92. The Morgan fingerprint density at radius 2 is 1.39 bits per heavy atom. The molecular weight excluding hydrogens is 290 g/mol. The summed E-state index contributed by atoms with van der Waals surface area (Å²) in [6.07, 6.45) is -1.06. The topological polar surface area (TPSA) is 144 Å². The molecule has 0 aromatic carbocycles. The molecule has 0 aromatic rings. The van der Waals surface area contributed by atoms with Crippen molar-refractivity contribution in [3.05, 3.63) is 0 Å². The van der Waals surface area contributed by atoms with Crippen molar-refractivity contribution in [2.75, 3.05) is 0 Å². The van der Waals surface area contributed by atoms with Crippen molar-refractivity contribution in [1.82, 2.24) is 0 Å². The van der Waals surface area contributed by atoms with Crippen LogP contribution in [0.2, 0.25) is 0 Å². The smallest absolute Gasteiger partial charge is 0.299 e. The van der Waals surface area contributed by atoms with Crippen molar-refractivity contribution in [3.8, 4) is 0 Å². The molecule has 0 fully saturated rings. The highest BCUT2D eigenvalue weighted by atomic mass is 31.1. The zero-order valence-electron chi connectivity index (χ0n) is 8.98. The average molecular weight is 300 g/mol. The van der Waals surface area contributed by atoms with E-state index >= 15 is 0 Å². The van der Waals surface area contributed by atoms with E-state index in [4.69, 9.17) is 9.79 Å². The Hall–Kier alpha value is -1.27. The van der Waals surface area contributed by atoms with Crippen molar-refractivity contribution >= 4 is 34.2 Å². The molecule has 0 aliphatic heterocycles. The van der Waals surface area contributed by atoms with Crippen molar-refractivity contribution in [3.63, 3.8) is 0 Å². The van der Waals surface area contributed by atoms with Crippen LogP contribution in [0.15, 0.2) is 0 Å². The van der Waals surface area contributed by atoms with Gasteiger partial charge in [0.1, 0.15) is 12.2 Å². The number of carbonyl (C=O) groups excluding carboxylic acids is 3. The molecule has 11 heteroatoms. The molecule has 0 radical (unpaired) electrons. The van der Waals surface area contributed by atoms with Gasteiger partial charge in [0.05, 0.1) is 6.42 Å². The quantitative estimate of drug-likeness (QED) is 0.483. The third-order valence-electron chi connectivity index (χ3n) is 1.54. The van der Waals surface area contributed by atoms with Gasteiger partial charge >= 0.3 is 28.4 Å². The van der Waals surface area contributed by atoms with E-state index in [1.165, 1.54) is 0 Å². The first-order chi connectivity index (χ1) is 8.31. The molecule has 100 valence electrons. The minimum Gasteiger partial charge on any atom is -0.299 e. The van der Waals surface area contributed by atoms with Crippen LogP contribution in [0.25, 0.3) is 0 Å². The predicted molar refractivity (Wildman–Crippen MR) is 55.3 cm³/mol. The van der Waals surface area contributed by atoms with Gasteiger partial charge in [-0.2, -0.15) is 9.05 Å². The van der Waals surface area contributed by atoms with Crippen molar-refractivity contribution in [2.45, 2.75) is 25.7 Å². The molecule has 0 amide bonds. The number of hydrogen-bond acceptors (Lipinski definition) is 7. The summed E-state index contributed by atoms with van der Waals surface area (Å²) >= 11 is 0. The number of ketones is 1. The Morgan fingerprint density at radius 3 is 1.89 bits per heavy atom. The molecule has 2 atom stereocenters. The van der Waals surface area contributed by atoms with Crippen LogP contribution in [0.3, 0.4) is 0 Å². The van der Waals surface area contributed by atoms with Crippen LogP contribution >= 0.6 is 16.5 Å². The Bertz CT molecular complexity index is 377. The summed E-state index contributed by atoms with van der Waals surface area (Å²) in [6, 6.07) is 0. The number of carbonyl (C=O) groups is 3. The van der Waals surface area contributed by atoms with Crippen LogP contribution in [0.1, 0.15) is 25.7 Å². The fourth-order valence-corrected chi connectivity index (χ4v) is 1.44. The fourth-order valence-electron chi connectivity index (χ4n) is 0.931. The van der Waals surface area contributed by atoms with Gasteiger partial charge in [-0.05, 0) is 6.42 Å². The molecule has 0 rings (SSSR count). The van der Waals surface area contributed by atoms with Crippen LogP contribution < -0.4 is 0 Å². The first-order valence-corrected chi connectivity index (χ1v) is 6.83. The fraction of sp³-hybridized carbons (Fsp3) is 0.571. The third-order valence-corrected chi connectivity index (χ3v) is 2.26. The summed E-state index contributed by atoms with van der Waals surface area (Å²) in [4.78, 5) is 49.1. The van der Waals surface area contributed by atoms with E-state index < -0.39 is 40.7 Å². The summed E-state index contributed by atoms with van der Waals surface area (Å²) in [7, 11) is -6.10. The molecule has 0 heterocycles. The van der Waals surface area contributed by atoms with Crippen LogP contribution in [0.4, 0.5) is 0 Å². The Balaban J connectivity index is 3.77. The molecule has 0 aliphatic carbocycles. The molecule has 2 N–H and O–H groups in total. The maximum absolute atomic E-state index is 11.1. The molecule has 0 saturated carbocycles. The maximum Gasteiger partial charge on any atom is 0.750 e. The van der Waals surface area contributed by atoms with Crippen LogP contribution in [0.5, 0.6) is 0 Å². The molecule has 9 nitrogen and oxygen atoms in total. The highest BCUT2D eigenvalue weighted by Crippen LogP contribution is 2.17. The normalized spacial score (nSPS) is 11.4. The Labute approximate surface area is 103 Å². The standard InChI is InChI=1S/C7H8O9P2/c8-5(4-7(10)16-18(13)14)2-1-3-6(9)15-17(11)12/h1-4H2/p+2. The summed E-state index contributed by atoms with van der Waals surface area (Å²) < 4.78 is 27.9. The lowest BCUT2D eigenvalue weighted by atomic mass is 10.1. The second-order valence-corrected chi connectivity index (χ2v) is 4.29. The molecule has 0 aliphatic rings. The highest BCUT2D eigenvalue weighted by Gasteiger charge is 2.23. The minimum atomic E-state index is -3.09. The van der Waals surface area contributed by atoms with Crippen molar-refractivity contribution < 1.29 is 42.3 Å². The molecular formula is C7H10O9P2+2. The number of hydrogen-bond donors (Lipinski definition) is 2. The SMILES string of the molecule is O=C(CCCC(=O)O[P+](=O)O)CC(=O)O[P+](=O)O. The summed E-state index contributed by atoms with van der Waals surface area (Å²) in [5, 5.41) is 0. The van der Waals surface area contributed by atoms with Gasteiger partial charge in [-0.25, -0.2) is 9.59 Å². The molecule has 18 heavy (non-hydrogen) atoms. The van der Waals surface area contributed by atoms with E-state index in [2.05, 4.69) is 9.05 Å². The Kier molecular flexibility index (Phi) is 8.15. The first kappa shape index (κ1) is 16.7. The zero-order valence-corrected chi connectivity index (χ0v) is 10.8. The monoisotopic (exact) mass is 300 g/mol. The maximum atomic E-state index is 11.1.